The molecule has 0 aliphatic heterocycles. The van der Waals surface area contributed by atoms with E-state index < -0.39 is 23.8 Å². The van der Waals surface area contributed by atoms with Crippen LogP contribution in [0.3, 0.4) is 0 Å². The molecule has 1 aromatic heterocycles. The van der Waals surface area contributed by atoms with Gasteiger partial charge in [-0.15, -0.1) is 0 Å². The molecule has 0 radical (unpaired) electrons. The Morgan fingerprint density at radius 2 is 1.72 bits per heavy atom. The van der Waals surface area contributed by atoms with Crippen molar-refractivity contribution in [2.45, 2.75) is 6.04 Å². The second-order valence-corrected chi connectivity index (χ2v) is 7.73. The van der Waals surface area contributed by atoms with Crippen molar-refractivity contribution in [3.05, 3.63) is 87.9 Å². The molecule has 1 atom stereocenters. The number of halogens is 2. The number of hydrogen-bond donors (Lipinski definition) is 3. The number of carbonyl (C=O) groups excluding carboxylic acids is 3. The number of amides is 3. The van der Waals surface area contributed by atoms with E-state index in [0.29, 0.717) is 10.8 Å². The molecule has 0 fully saturated rings. The summed E-state index contributed by atoms with van der Waals surface area (Å²) in [5.41, 5.74) is 1.05. The van der Waals surface area contributed by atoms with E-state index in [0.717, 1.165) is 5.56 Å². The van der Waals surface area contributed by atoms with Crippen molar-refractivity contribution in [1.82, 2.24) is 25.5 Å². The van der Waals surface area contributed by atoms with E-state index in [1.165, 1.54) is 18.2 Å². The minimum Gasteiger partial charge on any atom is -0.346 e. The lowest BCUT2D eigenvalue weighted by Crippen LogP contribution is -2.43. The summed E-state index contributed by atoms with van der Waals surface area (Å²) in [5, 5.41) is 8.39. The van der Waals surface area contributed by atoms with Gasteiger partial charge in [0.2, 0.25) is 11.8 Å². The Morgan fingerprint density at radius 1 is 1.00 bits per heavy atom. The smallest absolute Gasteiger partial charge is 0.253 e. The minimum atomic E-state index is -0.523. The van der Waals surface area contributed by atoms with Crippen molar-refractivity contribution in [3.8, 4) is 0 Å². The fraction of sp³-hybridized carbons (Fsp3) is 0.182. The van der Waals surface area contributed by atoms with Crippen molar-refractivity contribution >= 4 is 40.9 Å². The molecule has 3 amide bonds. The summed E-state index contributed by atoms with van der Waals surface area (Å²) in [7, 11) is 1.84. The molecule has 1 unspecified atom stereocenters. The van der Waals surface area contributed by atoms with Gasteiger partial charge in [-0.05, 0) is 23.8 Å². The minimum absolute atomic E-state index is 0.177. The molecule has 0 aliphatic carbocycles. The van der Waals surface area contributed by atoms with Crippen LogP contribution in [0.15, 0.2) is 60.9 Å². The summed E-state index contributed by atoms with van der Waals surface area (Å²) in [5.74, 6) is -0.790. The summed E-state index contributed by atoms with van der Waals surface area (Å²) in [6.45, 7) is -0.573. The van der Waals surface area contributed by atoms with E-state index >= 15 is 0 Å². The first-order valence-electron chi connectivity index (χ1n) is 9.66. The SMILES string of the molecule is Cn1ccnc1C(NC(=O)CNC(=O)CNC(=O)c1ccc(Cl)cc1Cl)c1ccccc1. The largest absolute Gasteiger partial charge is 0.346 e. The van der Waals surface area contributed by atoms with Gasteiger partial charge < -0.3 is 20.5 Å². The molecular weight excluding hydrogens is 453 g/mol. The van der Waals surface area contributed by atoms with Gasteiger partial charge in [0, 0.05) is 24.5 Å². The van der Waals surface area contributed by atoms with Crippen molar-refractivity contribution in [2.24, 2.45) is 7.05 Å². The van der Waals surface area contributed by atoms with Gasteiger partial charge in [-0.25, -0.2) is 4.98 Å². The summed E-state index contributed by atoms with van der Waals surface area (Å²) in [4.78, 5) is 41.1. The summed E-state index contributed by atoms with van der Waals surface area (Å²) < 4.78 is 1.81. The molecule has 2 aromatic carbocycles. The lowest BCUT2D eigenvalue weighted by atomic mass is 10.1. The highest BCUT2D eigenvalue weighted by molar-refractivity contribution is 6.36. The van der Waals surface area contributed by atoms with Crippen molar-refractivity contribution in [1.29, 1.82) is 0 Å². The van der Waals surface area contributed by atoms with Crippen LogP contribution in [-0.2, 0) is 16.6 Å². The van der Waals surface area contributed by atoms with Crippen LogP contribution in [0.25, 0.3) is 0 Å². The Kier molecular flexibility index (Phi) is 7.86. The zero-order valence-electron chi connectivity index (χ0n) is 17.1. The number of aromatic nitrogens is 2. The number of hydrogen-bond acceptors (Lipinski definition) is 4. The van der Waals surface area contributed by atoms with Crippen molar-refractivity contribution < 1.29 is 14.4 Å². The van der Waals surface area contributed by atoms with E-state index in [1.807, 2.05) is 41.9 Å². The van der Waals surface area contributed by atoms with Gasteiger partial charge in [-0.3, -0.25) is 14.4 Å². The highest BCUT2D eigenvalue weighted by atomic mass is 35.5. The number of aryl methyl sites for hydroxylation is 1. The number of carbonyl (C=O) groups is 3. The van der Waals surface area contributed by atoms with Gasteiger partial charge in [-0.2, -0.15) is 0 Å². The lowest BCUT2D eigenvalue weighted by Gasteiger charge is -2.19. The quantitative estimate of drug-likeness (QED) is 0.467. The number of imidazole rings is 1. The van der Waals surface area contributed by atoms with Gasteiger partial charge >= 0.3 is 0 Å². The van der Waals surface area contributed by atoms with Gasteiger partial charge in [0.25, 0.3) is 5.91 Å². The van der Waals surface area contributed by atoms with E-state index in [1.54, 1.807) is 12.4 Å². The van der Waals surface area contributed by atoms with E-state index in [4.69, 9.17) is 23.2 Å². The Morgan fingerprint density at radius 3 is 2.38 bits per heavy atom. The summed E-state index contributed by atoms with van der Waals surface area (Å²) in [6.07, 6.45) is 3.43. The van der Waals surface area contributed by atoms with Crippen LogP contribution in [0.4, 0.5) is 0 Å². The lowest BCUT2D eigenvalue weighted by molar-refractivity contribution is -0.125. The van der Waals surface area contributed by atoms with Crippen molar-refractivity contribution in [2.75, 3.05) is 13.1 Å². The number of rotatable bonds is 8. The fourth-order valence-electron chi connectivity index (χ4n) is 2.98. The predicted molar refractivity (Wildman–Crippen MR) is 121 cm³/mol. The Balaban J connectivity index is 1.53. The van der Waals surface area contributed by atoms with Crippen LogP contribution in [0.1, 0.15) is 27.8 Å². The molecule has 3 N–H and O–H groups in total. The normalized spacial score (nSPS) is 11.5. The first-order chi connectivity index (χ1) is 15.3. The molecule has 3 rings (SSSR count). The number of benzene rings is 2. The predicted octanol–water partition coefficient (Wildman–Crippen LogP) is 2.48. The topological polar surface area (TPSA) is 105 Å². The highest BCUT2D eigenvalue weighted by Crippen LogP contribution is 2.21. The van der Waals surface area contributed by atoms with E-state index in [9.17, 15) is 14.4 Å². The molecule has 0 aliphatic rings. The molecule has 166 valence electrons. The average Bonchev–Trinajstić information content (AvgIpc) is 3.20. The molecule has 1 heterocycles. The standard InChI is InChI=1S/C22H21Cl2N5O3/c1-29-10-9-25-21(29)20(14-5-3-2-4-6-14)28-19(31)13-26-18(30)12-27-22(32)16-8-7-15(23)11-17(16)24/h2-11,20H,12-13H2,1H3,(H,26,30)(H,27,32)(H,28,31). The molecule has 0 saturated heterocycles. The zero-order valence-corrected chi connectivity index (χ0v) is 18.7. The zero-order chi connectivity index (χ0) is 23.1. The third-order valence-corrected chi connectivity index (χ3v) is 5.13. The fourth-order valence-corrected chi connectivity index (χ4v) is 3.47. The maximum absolute atomic E-state index is 12.5. The molecule has 0 bridgehead atoms. The third kappa shape index (κ3) is 6.09. The molecule has 0 spiro atoms. The maximum Gasteiger partial charge on any atom is 0.253 e. The molecular formula is C22H21Cl2N5O3. The Bertz CT molecular complexity index is 1120. The second kappa shape index (κ2) is 10.8. The first-order valence-corrected chi connectivity index (χ1v) is 10.4. The van der Waals surface area contributed by atoms with E-state index in [2.05, 4.69) is 20.9 Å². The van der Waals surface area contributed by atoms with Crippen molar-refractivity contribution in [3.63, 3.8) is 0 Å². The van der Waals surface area contributed by atoms with Gasteiger partial charge in [0.05, 0.1) is 23.7 Å². The van der Waals surface area contributed by atoms with Crippen LogP contribution >= 0.6 is 23.2 Å². The van der Waals surface area contributed by atoms with Crippen LogP contribution in [0.2, 0.25) is 10.0 Å². The molecule has 0 saturated carbocycles. The molecule has 8 nitrogen and oxygen atoms in total. The Hall–Kier alpha value is -3.36. The summed E-state index contributed by atoms with van der Waals surface area (Å²) >= 11 is 11.8. The molecule has 3 aromatic rings. The van der Waals surface area contributed by atoms with E-state index in [-0.39, 0.29) is 23.7 Å². The van der Waals surface area contributed by atoms with Crippen LogP contribution in [0.5, 0.6) is 0 Å². The number of nitrogens with one attached hydrogen (secondary N) is 3. The summed E-state index contributed by atoms with van der Waals surface area (Å²) in [6, 6.07) is 13.3. The second-order valence-electron chi connectivity index (χ2n) is 6.89. The van der Waals surface area contributed by atoms with Gasteiger partial charge in [0.15, 0.2) is 0 Å². The Labute approximate surface area is 194 Å². The maximum atomic E-state index is 12.5. The van der Waals surface area contributed by atoms with Gasteiger partial charge in [-0.1, -0.05) is 53.5 Å². The van der Waals surface area contributed by atoms with Gasteiger partial charge in [0.1, 0.15) is 11.9 Å². The number of nitrogens with zero attached hydrogens (tertiary/aromatic N) is 2. The monoisotopic (exact) mass is 473 g/mol. The van der Waals surface area contributed by atoms with Crippen LogP contribution in [-0.4, -0.2) is 40.4 Å². The molecule has 32 heavy (non-hydrogen) atoms. The molecule has 10 heteroatoms. The van der Waals surface area contributed by atoms with Crippen LogP contribution < -0.4 is 16.0 Å². The van der Waals surface area contributed by atoms with Crippen LogP contribution in [0, 0.1) is 0 Å². The highest BCUT2D eigenvalue weighted by Gasteiger charge is 2.21. The first kappa shape index (κ1) is 23.3. The average molecular weight is 474 g/mol. The third-order valence-electron chi connectivity index (χ3n) is 4.59.